The van der Waals surface area contributed by atoms with Crippen LogP contribution in [0.1, 0.15) is 30.4 Å². The highest BCUT2D eigenvalue weighted by Crippen LogP contribution is 2.45. The number of nitrogens with one attached hydrogen (secondary N) is 1. The number of carbonyl (C=O) groups is 1. The molecule has 0 saturated heterocycles. The van der Waals surface area contributed by atoms with Crippen molar-refractivity contribution in [1.29, 1.82) is 0 Å². The number of hydrogen-bond acceptors (Lipinski definition) is 5. The second-order valence-electron chi connectivity index (χ2n) is 6.59. The fraction of sp³-hybridized carbons (Fsp3) is 0.211. The van der Waals surface area contributed by atoms with Gasteiger partial charge in [-0.3, -0.25) is 9.48 Å². The monoisotopic (exact) mass is 420 g/mol. The number of benzene rings is 1. The van der Waals surface area contributed by atoms with E-state index in [1.807, 2.05) is 13.8 Å². The Hall–Kier alpha value is -3.20. The van der Waals surface area contributed by atoms with Crippen LogP contribution in [0.3, 0.4) is 0 Å². The number of pyridine rings is 1. The number of alkyl halides is 2. The Morgan fingerprint density at radius 3 is 2.59 bits per heavy atom. The molecule has 1 N–H and O–H groups in total. The summed E-state index contributed by atoms with van der Waals surface area (Å²) in [5, 5.41) is 7.02. The van der Waals surface area contributed by atoms with E-state index in [-0.39, 0.29) is 28.5 Å². The number of aromatic nitrogens is 3. The average molecular weight is 421 g/mol. The zero-order valence-electron chi connectivity index (χ0n) is 15.3. The van der Waals surface area contributed by atoms with Gasteiger partial charge < -0.3 is 14.8 Å². The van der Waals surface area contributed by atoms with Gasteiger partial charge >= 0.3 is 6.29 Å². The molecule has 3 aromatic rings. The topological polar surface area (TPSA) is 78.3 Å². The van der Waals surface area contributed by atoms with Crippen molar-refractivity contribution >= 4 is 23.3 Å². The van der Waals surface area contributed by atoms with Gasteiger partial charge in [0.05, 0.1) is 5.02 Å². The number of halogens is 3. The number of ether oxygens (including phenoxy) is 2. The van der Waals surface area contributed by atoms with Crippen LogP contribution in [0.5, 0.6) is 11.5 Å². The maximum Gasteiger partial charge on any atom is 0.586 e. The SMILES string of the molecule is CC(C)n1nccc1C(=O)Nc1ccc(-c2cc3c(cc2Cl)OC(F)(F)O3)cn1. The zero-order chi connectivity index (χ0) is 20.8. The van der Waals surface area contributed by atoms with Crippen molar-refractivity contribution in [3.05, 3.63) is 53.4 Å². The van der Waals surface area contributed by atoms with Gasteiger partial charge in [-0.05, 0) is 38.1 Å². The molecule has 3 heterocycles. The molecule has 0 radical (unpaired) electrons. The average Bonchev–Trinajstić information content (AvgIpc) is 3.25. The number of anilines is 1. The Balaban J connectivity index is 1.55. The molecule has 0 aliphatic carbocycles. The molecule has 29 heavy (non-hydrogen) atoms. The van der Waals surface area contributed by atoms with Gasteiger partial charge in [-0.25, -0.2) is 4.98 Å². The lowest BCUT2D eigenvalue weighted by molar-refractivity contribution is -0.286. The highest BCUT2D eigenvalue weighted by atomic mass is 35.5. The molecular formula is C19H15ClF2N4O3. The van der Waals surface area contributed by atoms with Crippen LogP contribution in [0.25, 0.3) is 11.1 Å². The Kier molecular flexibility index (Phi) is 4.62. The minimum absolute atomic E-state index is 0.0293. The van der Waals surface area contributed by atoms with Crippen molar-refractivity contribution in [2.45, 2.75) is 26.2 Å². The molecule has 150 valence electrons. The summed E-state index contributed by atoms with van der Waals surface area (Å²) < 4.78 is 36.9. The third-order valence-corrected chi connectivity index (χ3v) is 4.51. The lowest BCUT2D eigenvalue weighted by atomic mass is 10.1. The fourth-order valence-electron chi connectivity index (χ4n) is 2.91. The first kappa shape index (κ1) is 19.1. The molecule has 0 fully saturated rings. The standard InChI is InChI=1S/C19H15ClF2N4O3/c1-10(2)26-14(5-6-24-26)18(27)25-17-4-3-11(9-23-17)12-7-15-16(8-13(12)20)29-19(21,22)28-15/h3-10H,1-2H3,(H,23,25,27). The molecule has 0 saturated carbocycles. The smallest absolute Gasteiger partial charge is 0.395 e. The summed E-state index contributed by atoms with van der Waals surface area (Å²) in [6, 6.07) is 7.50. The van der Waals surface area contributed by atoms with Crippen LogP contribution in [0.15, 0.2) is 42.7 Å². The molecule has 10 heteroatoms. The second kappa shape index (κ2) is 7.00. The van der Waals surface area contributed by atoms with Crippen LogP contribution in [-0.2, 0) is 0 Å². The van der Waals surface area contributed by atoms with Crippen LogP contribution >= 0.6 is 11.6 Å². The maximum absolute atomic E-state index is 13.2. The van der Waals surface area contributed by atoms with E-state index in [2.05, 4.69) is 24.9 Å². The second-order valence-corrected chi connectivity index (χ2v) is 6.99. The molecular weight excluding hydrogens is 406 g/mol. The Morgan fingerprint density at radius 2 is 1.93 bits per heavy atom. The highest BCUT2D eigenvalue weighted by molar-refractivity contribution is 6.33. The van der Waals surface area contributed by atoms with Crippen molar-refractivity contribution in [2.75, 3.05) is 5.32 Å². The number of rotatable bonds is 4. The Labute approximate surface area is 169 Å². The van der Waals surface area contributed by atoms with Gasteiger partial charge in [-0.2, -0.15) is 5.10 Å². The molecule has 2 aromatic heterocycles. The third kappa shape index (κ3) is 3.73. The van der Waals surface area contributed by atoms with Crippen molar-refractivity contribution in [2.24, 2.45) is 0 Å². The van der Waals surface area contributed by atoms with Gasteiger partial charge in [-0.1, -0.05) is 11.6 Å². The van der Waals surface area contributed by atoms with E-state index in [0.717, 1.165) is 0 Å². The molecule has 1 aliphatic heterocycles. The molecule has 1 aliphatic rings. The largest absolute Gasteiger partial charge is 0.586 e. The first-order valence-electron chi connectivity index (χ1n) is 8.64. The summed E-state index contributed by atoms with van der Waals surface area (Å²) in [7, 11) is 0. The van der Waals surface area contributed by atoms with Crippen molar-refractivity contribution in [1.82, 2.24) is 14.8 Å². The molecule has 0 unspecified atom stereocenters. The van der Waals surface area contributed by atoms with E-state index in [0.29, 0.717) is 22.6 Å². The molecule has 1 aromatic carbocycles. The molecule has 0 bridgehead atoms. The van der Waals surface area contributed by atoms with Crippen LogP contribution in [0.4, 0.5) is 14.6 Å². The highest BCUT2D eigenvalue weighted by Gasteiger charge is 2.43. The maximum atomic E-state index is 13.2. The summed E-state index contributed by atoms with van der Waals surface area (Å²) in [5.41, 5.74) is 1.41. The minimum Gasteiger partial charge on any atom is -0.395 e. The van der Waals surface area contributed by atoms with Gasteiger partial charge in [0.25, 0.3) is 5.91 Å². The molecule has 0 spiro atoms. The predicted octanol–water partition coefficient (Wildman–Crippen LogP) is 4.75. The van der Waals surface area contributed by atoms with E-state index in [4.69, 9.17) is 11.6 Å². The lowest BCUT2D eigenvalue weighted by Crippen LogP contribution is -2.25. The van der Waals surface area contributed by atoms with Crippen molar-refractivity contribution in [3.8, 4) is 22.6 Å². The van der Waals surface area contributed by atoms with Gasteiger partial charge in [0.2, 0.25) is 0 Å². The van der Waals surface area contributed by atoms with Gasteiger partial charge in [0.15, 0.2) is 11.5 Å². The molecule has 4 rings (SSSR count). The zero-order valence-corrected chi connectivity index (χ0v) is 16.1. The summed E-state index contributed by atoms with van der Waals surface area (Å²) in [4.78, 5) is 16.7. The van der Waals surface area contributed by atoms with E-state index in [1.165, 1.54) is 18.3 Å². The number of carbonyl (C=O) groups excluding carboxylic acids is 1. The van der Waals surface area contributed by atoms with E-state index in [1.54, 1.807) is 29.1 Å². The number of fused-ring (bicyclic) bond motifs is 1. The number of nitrogens with zero attached hydrogens (tertiary/aromatic N) is 3. The quantitative estimate of drug-likeness (QED) is 0.658. The molecule has 1 amide bonds. The minimum atomic E-state index is -3.72. The van der Waals surface area contributed by atoms with E-state index in [9.17, 15) is 13.6 Å². The van der Waals surface area contributed by atoms with Crippen LogP contribution in [0, 0.1) is 0 Å². The Bertz CT molecular complexity index is 1080. The lowest BCUT2D eigenvalue weighted by Gasteiger charge is -2.11. The van der Waals surface area contributed by atoms with Crippen LogP contribution < -0.4 is 14.8 Å². The fourth-order valence-corrected chi connectivity index (χ4v) is 3.17. The first-order chi connectivity index (χ1) is 13.7. The van der Waals surface area contributed by atoms with E-state index >= 15 is 0 Å². The van der Waals surface area contributed by atoms with Crippen LogP contribution in [-0.4, -0.2) is 27.0 Å². The first-order valence-corrected chi connectivity index (χ1v) is 9.02. The predicted molar refractivity (Wildman–Crippen MR) is 101 cm³/mol. The summed E-state index contributed by atoms with van der Waals surface area (Å²) in [5.74, 6) is -0.283. The van der Waals surface area contributed by atoms with Crippen molar-refractivity contribution in [3.63, 3.8) is 0 Å². The summed E-state index contributed by atoms with van der Waals surface area (Å²) >= 11 is 6.19. The number of hydrogen-bond donors (Lipinski definition) is 1. The van der Waals surface area contributed by atoms with Crippen LogP contribution in [0.2, 0.25) is 5.02 Å². The van der Waals surface area contributed by atoms with Gasteiger partial charge in [0, 0.05) is 35.6 Å². The number of amides is 1. The van der Waals surface area contributed by atoms with Gasteiger partial charge in [0.1, 0.15) is 11.5 Å². The normalized spacial score (nSPS) is 14.3. The van der Waals surface area contributed by atoms with Crippen molar-refractivity contribution < 1.29 is 23.0 Å². The summed E-state index contributed by atoms with van der Waals surface area (Å²) in [6.07, 6.45) is -0.702. The van der Waals surface area contributed by atoms with Gasteiger partial charge in [-0.15, -0.1) is 8.78 Å². The molecule has 7 nitrogen and oxygen atoms in total. The summed E-state index contributed by atoms with van der Waals surface area (Å²) in [6.45, 7) is 3.84. The molecule has 0 atom stereocenters. The van der Waals surface area contributed by atoms with E-state index < -0.39 is 6.29 Å². The Morgan fingerprint density at radius 1 is 1.21 bits per heavy atom. The third-order valence-electron chi connectivity index (χ3n) is 4.20.